The number of carbonyl (C=O) groups is 1. The van der Waals surface area contributed by atoms with Crippen LogP contribution in [0.15, 0.2) is 24.3 Å². The number of carbonyl (C=O) groups excluding carboxylic acids is 1. The number of thioether (sulfide) groups is 1. The Bertz CT molecular complexity index is 401. The van der Waals surface area contributed by atoms with Crippen molar-refractivity contribution in [1.82, 2.24) is 5.43 Å². The van der Waals surface area contributed by atoms with Gasteiger partial charge in [-0.15, -0.1) is 0 Å². The maximum absolute atomic E-state index is 11.5. The molecule has 6 heteroatoms. The third-order valence-electron chi connectivity index (χ3n) is 2.46. The van der Waals surface area contributed by atoms with Crippen molar-refractivity contribution in [2.45, 2.75) is 6.92 Å². The Morgan fingerprint density at radius 1 is 1.53 bits per heavy atom. The van der Waals surface area contributed by atoms with Crippen LogP contribution in [-0.4, -0.2) is 35.7 Å². The van der Waals surface area contributed by atoms with Gasteiger partial charge in [-0.2, -0.15) is 11.8 Å². The van der Waals surface area contributed by atoms with E-state index in [1.54, 1.807) is 30.0 Å². The molecule has 1 aromatic carbocycles. The molecular formula is C13H20N2O3S. The minimum Gasteiger partial charge on any atom is -0.492 e. The van der Waals surface area contributed by atoms with Crippen LogP contribution in [0.2, 0.25) is 0 Å². The van der Waals surface area contributed by atoms with Gasteiger partial charge >= 0.3 is 0 Å². The largest absolute Gasteiger partial charge is 0.492 e. The average Bonchev–Trinajstić information content (AvgIpc) is 2.46. The quantitative estimate of drug-likeness (QED) is 0.287. The first-order valence-corrected chi connectivity index (χ1v) is 7.26. The van der Waals surface area contributed by atoms with E-state index in [1.165, 1.54) is 0 Å². The van der Waals surface area contributed by atoms with E-state index in [1.807, 2.05) is 13.0 Å². The van der Waals surface area contributed by atoms with Gasteiger partial charge in [0.15, 0.2) is 0 Å². The number of hydrogen-bond acceptors (Lipinski definition) is 5. The predicted molar refractivity (Wildman–Crippen MR) is 77.2 cm³/mol. The molecule has 0 heterocycles. The minimum atomic E-state index is -0.364. The summed E-state index contributed by atoms with van der Waals surface area (Å²) in [5.41, 5.74) is 2.52. The fourth-order valence-corrected chi connectivity index (χ4v) is 2.28. The third kappa shape index (κ3) is 5.50. The van der Waals surface area contributed by atoms with Crippen LogP contribution in [0.5, 0.6) is 5.75 Å². The summed E-state index contributed by atoms with van der Waals surface area (Å²) in [6, 6.07) is 6.98. The zero-order valence-corrected chi connectivity index (χ0v) is 11.8. The fourth-order valence-electron chi connectivity index (χ4n) is 1.41. The number of nitrogen functional groups attached to an aromatic ring is 1. The molecule has 0 fully saturated rings. The fraction of sp³-hybridized carbons (Fsp3) is 0.462. The van der Waals surface area contributed by atoms with Gasteiger partial charge in [-0.1, -0.05) is 19.1 Å². The van der Waals surface area contributed by atoms with Crippen LogP contribution in [-0.2, 0) is 0 Å². The second kappa shape index (κ2) is 8.79. The van der Waals surface area contributed by atoms with Gasteiger partial charge in [0.25, 0.3) is 5.91 Å². The zero-order valence-electron chi connectivity index (χ0n) is 11.0. The van der Waals surface area contributed by atoms with Gasteiger partial charge in [-0.3, -0.25) is 10.2 Å². The van der Waals surface area contributed by atoms with E-state index in [9.17, 15) is 4.79 Å². The predicted octanol–water partition coefficient (Wildman–Crippen LogP) is 1.03. The number of nitrogens with two attached hydrogens (primary N) is 1. The molecule has 0 saturated carbocycles. The summed E-state index contributed by atoms with van der Waals surface area (Å²) in [7, 11) is 0. The number of nitrogens with one attached hydrogen (secondary N) is 1. The summed E-state index contributed by atoms with van der Waals surface area (Å²) in [5, 5.41) is 8.89. The molecular weight excluding hydrogens is 264 g/mol. The molecule has 0 aromatic heterocycles. The lowest BCUT2D eigenvalue weighted by Gasteiger charge is -2.11. The Labute approximate surface area is 117 Å². The second-order valence-electron chi connectivity index (χ2n) is 4.18. The standard InChI is InChI=1S/C13H20N2O3S/c1-10(8-16)9-19-7-6-18-12-5-3-2-4-11(12)13(17)15-14/h2-5,10,16H,6-9,14H2,1H3,(H,15,17). The average molecular weight is 284 g/mol. The van der Waals surface area contributed by atoms with E-state index in [2.05, 4.69) is 5.43 Å². The van der Waals surface area contributed by atoms with Gasteiger partial charge in [-0.05, 0) is 23.8 Å². The van der Waals surface area contributed by atoms with Gasteiger partial charge < -0.3 is 9.84 Å². The second-order valence-corrected chi connectivity index (χ2v) is 5.33. The van der Waals surface area contributed by atoms with E-state index in [4.69, 9.17) is 15.7 Å². The summed E-state index contributed by atoms with van der Waals surface area (Å²) < 4.78 is 5.58. The molecule has 0 radical (unpaired) electrons. The minimum absolute atomic E-state index is 0.202. The highest BCUT2D eigenvalue weighted by atomic mass is 32.2. The Morgan fingerprint density at radius 3 is 2.95 bits per heavy atom. The van der Waals surface area contributed by atoms with Gasteiger partial charge in [0, 0.05) is 12.4 Å². The summed E-state index contributed by atoms with van der Waals surface area (Å²) in [4.78, 5) is 11.5. The van der Waals surface area contributed by atoms with Crippen LogP contribution < -0.4 is 16.0 Å². The van der Waals surface area contributed by atoms with Gasteiger partial charge in [0.1, 0.15) is 5.75 Å². The Morgan fingerprint density at radius 2 is 2.26 bits per heavy atom. The molecule has 0 bridgehead atoms. The van der Waals surface area contributed by atoms with Crippen LogP contribution >= 0.6 is 11.8 Å². The monoisotopic (exact) mass is 284 g/mol. The van der Waals surface area contributed by atoms with Crippen molar-refractivity contribution in [2.24, 2.45) is 11.8 Å². The lowest BCUT2D eigenvalue weighted by Crippen LogP contribution is -2.30. The molecule has 1 rings (SSSR count). The van der Waals surface area contributed by atoms with Crippen molar-refractivity contribution in [3.8, 4) is 5.75 Å². The first-order valence-electron chi connectivity index (χ1n) is 6.10. The summed E-state index contributed by atoms with van der Waals surface area (Å²) in [5.74, 6) is 7.27. The maximum Gasteiger partial charge on any atom is 0.268 e. The summed E-state index contributed by atoms with van der Waals surface area (Å²) >= 11 is 1.71. The molecule has 0 aliphatic carbocycles. The Balaban J connectivity index is 2.39. The first kappa shape index (κ1) is 15.8. The Hall–Kier alpha value is -1.24. The number of aliphatic hydroxyl groups is 1. The molecule has 1 unspecified atom stereocenters. The molecule has 0 aliphatic heterocycles. The molecule has 0 spiro atoms. The number of hydrogen-bond donors (Lipinski definition) is 3. The molecule has 0 aliphatic rings. The maximum atomic E-state index is 11.5. The highest BCUT2D eigenvalue weighted by Gasteiger charge is 2.10. The molecule has 1 aromatic rings. The van der Waals surface area contributed by atoms with E-state index < -0.39 is 0 Å². The van der Waals surface area contributed by atoms with Crippen LogP contribution in [0, 0.1) is 5.92 Å². The molecule has 1 amide bonds. The molecule has 5 nitrogen and oxygen atoms in total. The molecule has 106 valence electrons. The number of para-hydroxylation sites is 1. The number of rotatable bonds is 8. The zero-order chi connectivity index (χ0) is 14.1. The van der Waals surface area contributed by atoms with Crippen molar-refractivity contribution < 1.29 is 14.6 Å². The van der Waals surface area contributed by atoms with Crippen LogP contribution in [0.3, 0.4) is 0 Å². The van der Waals surface area contributed by atoms with Gasteiger partial charge in [0.2, 0.25) is 0 Å². The van der Waals surface area contributed by atoms with E-state index in [-0.39, 0.29) is 12.5 Å². The summed E-state index contributed by atoms with van der Waals surface area (Å²) in [6.45, 7) is 2.71. The van der Waals surface area contributed by atoms with Crippen molar-refractivity contribution >= 4 is 17.7 Å². The lowest BCUT2D eigenvalue weighted by atomic mass is 10.2. The highest BCUT2D eigenvalue weighted by Crippen LogP contribution is 2.18. The number of ether oxygens (including phenoxy) is 1. The molecule has 0 saturated heterocycles. The number of aliphatic hydroxyl groups excluding tert-OH is 1. The SMILES string of the molecule is CC(CO)CSCCOc1ccccc1C(=O)NN. The van der Waals surface area contributed by atoms with Crippen molar-refractivity contribution in [3.05, 3.63) is 29.8 Å². The number of hydrazine groups is 1. The third-order valence-corrected chi connectivity index (χ3v) is 3.72. The van der Waals surface area contributed by atoms with E-state index in [0.29, 0.717) is 23.8 Å². The topological polar surface area (TPSA) is 84.6 Å². The van der Waals surface area contributed by atoms with Crippen LogP contribution in [0.25, 0.3) is 0 Å². The molecule has 4 N–H and O–H groups in total. The van der Waals surface area contributed by atoms with Crippen molar-refractivity contribution in [1.29, 1.82) is 0 Å². The highest BCUT2D eigenvalue weighted by molar-refractivity contribution is 7.99. The van der Waals surface area contributed by atoms with Gasteiger partial charge in [-0.25, -0.2) is 5.84 Å². The molecule has 19 heavy (non-hydrogen) atoms. The van der Waals surface area contributed by atoms with Crippen LogP contribution in [0.1, 0.15) is 17.3 Å². The van der Waals surface area contributed by atoms with E-state index in [0.717, 1.165) is 11.5 Å². The summed E-state index contributed by atoms with van der Waals surface area (Å²) in [6.07, 6.45) is 0. The molecule has 1 atom stereocenters. The van der Waals surface area contributed by atoms with Crippen LogP contribution in [0.4, 0.5) is 0 Å². The van der Waals surface area contributed by atoms with E-state index >= 15 is 0 Å². The number of benzene rings is 1. The van der Waals surface area contributed by atoms with Gasteiger partial charge in [0.05, 0.1) is 12.2 Å². The normalized spacial score (nSPS) is 11.9. The Kier molecular flexibility index (Phi) is 7.32. The first-order chi connectivity index (χ1) is 9.19. The van der Waals surface area contributed by atoms with Crippen molar-refractivity contribution in [3.63, 3.8) is 0 Å². The van der Waals surface area contributed by atoms with Crippen molar-refractivity contribution in [2.75, 3.05) is 24.7 Å². The smallest absolute Gasteiger partial charge is 0.268 e. The lowest BCUT2D eigenvalue weighted by molar-refractivity contribution is 0.0950. The number of amides is 1.